The average molecular weight is 445 g/mol. The molecule has 3 aliphatic rings. The Hall–Kier alpha value is -1.91. The fourth-order valence-corrected chi connectivity index (χ4v) is 5.09. The van der Waals surface area contributed by atoms with Gasteiger partial charge < -0.3 is 29.0 Å². The summed E-state index contributed by atoms with van der Waals surface area (Å²) in [5, 5.41) is 21.1. The van der Waals surface area contributed by atoms with Crippen molar-refractivity contribution in [3.63, 3.8) is 0 Å². The SMILES string of the molecule is CO[C@@H]1[C@H](OC(=O)Nc2ccc(B(O)O)cc2)CC[C@]2(CO2)[C@H]1[C@@]1(C)O[C@@H]1CC=C(C)C. The smallest absolute Gasteiger partial charge is 0.443 e. The van der Waals surface area contributed by atoms with Crippen LogP contribution in [0.15, 0.2) is 35.9 Å². The highest BCUT2D eigenvalue weighted by molar-refractivity contribution is 6.58. The van der Waals surface area contributed by atoms with Crippen molar-refractivity contribution in [2.75, 3.05) is 19.0 Å². The summed E-state index contributed by atoms with van der Waals surface area (Å²) in [6, 6.07) is 6.24. The number of allylic oxidation sites excluding steroid dienone is 1. The molecular weight excluding hydrogens is 413 g/mol. The van der Waals surface area contributed by atoms with Crippen molar-refractivity contribution in [1.82, 2.24) is 0 Å². The molecule has 1 aliphatic carbocycles. The van der Waals surface area contributed by atoms with Crippen LogP contribution in [-0.4, -0.2) is 66.5 Å². The number of amides is 1. The minimum absolute atomic E-state index is 0.0348. The predicted molar refractivity (Wildman–Crippen MR) is 120 cm³/mol. The summed E-state index contributed by atoms with van der Waals surface area (Å²) in [6.07, 6.45) is 3.20. The Balaban J connectivity index is 1.43. The van der Waals surface area contributed by atoms with E-state index in [1.54, 1.807) is 19.2 Å². The molecule has 2 saturated heterocycles. The Morgan fingerprint density at radius 2 is 2.00 bits per heavy atom. The second-order valence-corrected chi connectivity index (χ2v) is 9.44. The Labute approximate surface area is 189 Å². The molecule has 0 bridgehead atoms. The molecule has 1 spiro atoms. The van der Waals surface area contributed by atoms with Crippen LogP contribution in [0, 0.1) is 5.92 Å². The molecule has 1 aromatic carbocycles. The van der Waals surface area contributed by atoms with E-state index in [0.717, 1.165) is 12.8 Å². The number of ether oxygens (including phenoxy) is 4. The van der Waals surface area contributed by atoms with Crippen LogP contribution >= 0.6 is 0 Å². The number of hydrogen-bond donors (Lipinski definition) is 3. The van der Waals surface area contributed by atoms with Crippen LogP contribution in [0.1, 0.15) is 40.0 Å². The molecule has 1 saturated carbocycles. The fraction of sp³-hybridized carbons (Fsp3) is 0.609. The molecule has 2 aliphatic heterocycles. The summed E-state index contributed by atoms with van der Waals surface area (Å²) in [4.78, 5) is 12.6. The monoisotopic (exact) mass is 445 g/mol. The number of nitrogens with one attached hydrogen (secondary N) is 1. The summed E-state index contributed by atoms with van der Waals surface area (Å²) < 4.78 is 23.8. The Morgan fingerprint density at radius 1 is 1.31 bits per heavy atom. The van der Waals surface area contributed by atoms with Crippen molar-refractivity contribution in [2.24, 2.45) is 5.92 Å². The molecule has 0 aromatic heterocycles. The number of carbonyl (C=O) groups excluding carboxylic acids is 1. The van der Waals surface area contributed by atoms with Gasteiger partial charge in [0, 0.05) is 12.8 Å². The molecule has 0 unspecified atom stereocenters. The van der Waals surface area contributed by atoms with Crippen LogP contribution in [0.5, 0.6) is 0 Å². The summed E-state index contributed by atoms with van der Waals surface area (Å²) in [6.45, 7) is 6.93. The lowest BCUT2D eigenvalue weighted by Crippen LogP contribution is -2.55. The second kappa shape index (κ2) is 8.80. The highest BCUT2D eigenvalue weighted by atomic mass is 16.6. The molecule has 6 atom stereocenters. The van der Waals surface area contributed by atoms with E-state index in [1.807, 2.05) is 0 Å². The molecule has 3 fully saturated rings. The lowest BCUT2D eigenvalue weighted by Gasteiger charge is -2.42. The third-order valence-electron chi connectivity index (χ3n) is 6.95. The molecule has 2 heterocycles. The van der Waals surface area contributed by atoms with Crippen LogP contribution in [0.2, 0.25) is 0 Å². The fourth-order valence-electron chi connectivity index (χ4n) is 5.09. The number of anilines is 1. The van der Waals surface area contributed by atoms with Gasteiger partial charge in [0.15, 0.2) is 0 Å². The summed E-state index contributed by atoms with van der Waals surface area (Å²) in [7, 11) is 0.0875. The van der Waals surface area contributed by atoms with Gasteiger partial charge in [-0.15, -0.1) is 0 Å². The molecule has 3 N–H and O–H groups in total. The first kappa shape index (κ1) is 23.3. The minimum Gasteiger partial charge on any atom is -0.443 e. The van der Waals surface area contributed by atoms with Gasteiger partial charge in [0.2, 0.25) is 0 Å². The van der Waals surface area contributed by atoms with Crippen LogP contribution in [0.4, 0.5) is 10.5 Å². The number of rotatable bonds is 7. The van der Waals surface area contributed by atoms with Crippen LogP contribution in [0.3, 0.4) is 0 Å². The molecule has 0 radical (unpaired) electrons. The maximum Gasteiger partial charge on any atom is 0.488 e. The highest BCUT2D eigenvalue weighted by Crippen LogP contribution is 2.59. The van der Waals surface area contributed by atoms with E-state index in [2.05, 4.69) is 32.2 Å². The Bertz CT molecular complexity index is 866. The van der Waals surface area contributed by atoms with E-state index in [0.29, 0.717) is 24.2 Å². The zero-order valence-corrected chi connectivity index (χ0v) is 19.0. The molecular formula is C23H32BNO7. The second-order valence-electron chi connectivity index (χ2n) is 9.44. The van der Waals surface area contributed by atoms with Crippen LogP contribution in [-0.2, 0) is 18.9 Å². The van der Waals surface area contributed by atoms with E-state index in [4.69, 9.17) is 18.9 Å². The van der Waals surface area contributed by atoms with E-state index >= 15 is 0 Å². The van der Waals surface area contributed by atoms with Crippen molar-refractivity contribution in [3.05, 3.63) is 35.9 Å². The number of methoxy groups -OCH3 is 1. The third kappa shape index (κ3) is 4.58. The zero-order chi connectivity index (χ0) is 23.1. The van der Waals surface area contributed by atoms with Gasteiger partial charge in [0.25, 0.3) is 0 Å². The standard InChI is InChI=1S/C23H32BNO7/c1-14(2)5-10-18-22(3,32-18)20-19(29-4)17(11-12-23(20)13-30-23)31-21(26)25-16-8-6-15(7-9-16)24(27)28/h5-9,17-20,27-28H,10-13H2,1-4H3,(H,25,26)/t17-,18-,19-,20-,22+,23+/m1/s1. The van der Waals surface area contributed by atoms with E-state index < -0.39 is 19.3 Å². The first-order valence-corrected chi connectivity index (χ1v) is 11.1. The lowest BCUT2D eigenvalue weighted by molar-refractivity contribution is -0.116. The van der Waals surface area contributed by atoms with Gasteiger partial charge in [-0.3, -0.25) is 5.32 Å². The predicted octanol–water partition coefficient (Wildman–Crippen LogP) is 1.99. The van der Waals surface area contributed by atoms with E-state index in [1.165, 1.54) is 17.7 Å². The van der Waals surface area contributed by atoms with Gasteiger partial charge in [0.05, 0.1) is 18.6 Å². The van der Waals surface area contributed by atoms with Gasteiger partial charge in [-0.05, 0) is 57.6 Å². The molecule has 174 valence electrons. The third-order valence-corrected chi connectivity index (χ3v) is 6.95. The average Bonchev–Trinajstić information content (AvgIpc) is 3.65. The topological polar surface area (TPSA) is 113 Å². The van der Waals surface area contributed by atoms with Crippen LogP contribution < -0.4 is 10.8 Å². The number of hydrogen-bond acceptors (Lipinski definition) is 7. The van der Waals surface area contributed by atoms with E-state index in [9.17, 15) is 14.8 Å². The quantitative estimate of drug-likeness (QED) is 0.334. The van der Waals surface area contributed by atoms with Crippen molar-refractivity contribution < 1.29 is 33.8 Å². The van der Waals surface area contributed by atoms with Crippen molar-refractivity contribution in [1.29, 1.82) is 0 Å². The zero-order valence-electron chi connectivity index (χ0n) is 19.0. The van der Waals surface area contributed by atoms with Crippen molar-refractivity contribution >= 4 is 24.4 Å². The molecule has 1 aromatic rings. The largest absolute Gasteiger partial charge is 0.488 e. The first-order chi connectivity index (χ1) is 15.2. The van der Waals surface area contributed by atoms with Gasteiger partial charge in [-0.25, -0.2) is 4.79 Å². The van der Waals surface area contributed by atoms with Gasteiger partial charge in [-0.2, -0.15) is 0 Å². The van der Waals surface area contributed by atoms with Gasteiger partial charge in [-0.1, -0.05) is 23.8 Å². The summed E-state index contributed by atoms with van der Waals surface area (Å²) in [5.41, 5.74) is 1.44. The molecule has 1 amide bonds. The summed E-state index contributed by atoms with van der Waals surface area (Å²) >= 11 is 0. The number of carbonyl (C=O) groups is 1. The maximum atomic E-state index is 12.6. The molecule has 4 rings (SSSR count). The molecule has 9 heteroatoms. The first-order valence-electron chi connectivity index (χ1n) is 11.1. The molecule has 32 heavy (non-hydrogen) atoms. The van der Waals surface area contributed by atoms with Gasteiger partial charge >= 0.3 is 13.2 Å². The van der Waals surface area contributed by atoms with E-state index in [-0.39, 0.29) is 29.3 Å². The number of epoxide rings is 2. The van der Waals surface area contributed by atoms with Crippen LogP contribution in [0.25, 0.3) is 0 Å². The Morgan fingerprint density at radius 3 is 2.56 bits per heavy atom. The number of benzene rings is 1. The minimum atomic E-state index is -1.55. The summed E-state index contributed by atoms with van der Waals surface area (Å²) in [5.74, 6) is -0.0348. The van der Waals surface area contributed by atoms with Gasteiger partial charge in [0.1, 0.15) is 23.4 Å². The normalized spacial score (nSPS) is 35.2. The lowest BCUT2D eigenvalue weighted by atomic mass is 9.68. The Kier molecular flexibility index (Phi) is 6.39. The molecule has 8 nitrogen and oxygen atoms in total. The van der Waals surface area contributed by atoms with Crippen molar-refractivity contribution in [3.8, 4) is 0 Å². The highest BCUT2D eigenvalue weighted by Gasteiger charge is 2.72. The maximum absolute atomic E-state index is 12.6. The van der Waals surface area contributed by atoms with Crippen molar-refractivity contribution in [2.45, 2.75) is 69.5 Å².